The highest BCUT2D eigenvalue weighted by molar-refractivity contribution is 7.80. The Morgan fingerprint density at radius 1 is 1.00 bits per heavy atom. The van der Waals surface area contributed by atoms with Crippen LogP contribution in [-0.4, -0.2) is 20.5 Å². The maximum absolute atomic E-state index is 12.4. The smallest absolute Gasteiger partial charge is 0.156 e. The molecule has 0 aliphatic rings. The third-order valence-electron chi connectivity index (χ3n) is 4.67. The summed E-state index contributed by atoms with van der Waals surface area (Å²) in [6.07, 6.45) is 6.54. The number of rotatable bonds is 9. The van der Waals surface area contributed by atoms with Gasteiger partial charge in [0, 0.05) is 30.3 Å². The Balaban J connectivity index is 1.63. The maximum Gasteiger partial charge on any atom is 0.156 e. The molecule has 0 aliphatic heterocycles. The fraction of sp³-hybridized carbons (Fsp3) is 0.208. The van der Waals surface area contributed by atoms with Crippen LogP contribution in [0.2, 0.25) is 0 Å². The molecule has 148 valence electrons. The second kappa shape index (κ2) is 10.6. The van der Waals surface area contributed by atoms with Crippen molar-refractivity contribution >= 4 is 63.0 Å². The fourth-order valence-corrected chi connectivity index (χ4v) is 3.94. The quantitative estimate of drug-likeness (QED) is 0.212. The van der Waals surface area contributed by atoms with E-state index in [9.17, 15) is 4.79 Å². The molecule has 0 bridgehead atoms. The summed E-state index contributed by atoms with van der Waals surface area (Å²) in [5.74, 6) is -0.235. The number of allylic oxidation sites excluding steroid dienone is 1. The van der Waals surface area contributed by atoms with E-state index >= 15 is 0 Å². The van der Waals surface area contributed by atoms with Gasteiger partial charge in [-0.05, 0) is 34.6 Å². The number of thiocarbonyl (C=S) groups is 1. The first-order chi connectivity index (χ1) is 14.0. The van der Waals surface area contributed by atoms with Crippen LogP contribution in [0.3, 0.4) is 0 Å². The number of hydrogen-bond donors (Lipinski definition) is 0. The van der Waals surface area contributed by atoms with Gasteiger partial charge in [0.2, 0.25) is 0 Å². The molecule has 1 unspecified atom stereocenters. The summed E-state index contributed by atoms with van der Waals surface area (Å²) in [5, 5.41) is 1.08. The minimum absolute atomic E-state index is 0.0141. The van der Waals surface area contributed by atoms with E-state index in [4.69, 9.17) is 35.4 Å². The number of para-hydroxylation sites is 1. The fourth-order valence-electron chi connectivity index (χ4n) is 3.22. The first-order valence-electron chi connectivity index (χ1n) is 9.41. The van der Waals surface area contributed by atoms with Gasteiger partial charge in [-0.25, -0.2) is 0 Å². The molecule has 2 aromatic carbocycles. The van der Waals surface area contributed by atoms with Crippen molar-refractivity contribution in [3.63, 3.8) is 0 Å². The van der Waals surface area contributed by atoms with Gasteiger partial charge in [-0.3, -0.25) is 9.78 Å². The molecular weight excluding hydrogens is 421 g/mol. The Labute approximate surface area is 186 Å². The first-order valence-corrected chi connectivity index (χ1v) is 10.7. The third kappa shape index (κ3) is 6.46. The van der Waals surface area contributed by atoms with E-state index < -0.39 is 4.84 Å². The van der Waals surface area contributed by atoms with Crippen LogP contribution in [0.15, 0.2) is 72.9 Å². The van der Waals surface area contributed by atoms with Gasteiger partial charge in [-0.15, -0.1) is 23.2 Å². The summed E-state index contributed by atoms with van der Waals surface area (Å²) in [6.45, 7) is 0. The molecule has 0 aliphatic carbocycles. The van der Waals surface area contributed by atoms with Crippen LogP contribution in [-0.2, 0) is 11.2 Å². The second-order valence-corrected chi connectivity index (χ2v) is 8.66. The number of ketones is 1. The molecule has 29 heavy (non-hydrogen) atoms. The van der Waals surface area contributed by atoms with Crippen molar-refractivity contribution in [2.24, 2.45) is 5.92 Å². The summed E-state index contributed by atoms with van der Waals surface area (Å²) in [6, 6.07) is 19.7. The number of halogens is 2. The minimum atomic E-state index is -0.660. The number of benzene rings is 2. The molecular formula is C24H21Cl2NOS. The molecule has 3 aromatic rings. The van der Waals surface area contributed by atoms with Gasteiger partial charge in [0.1, 0.15) is 4.84 Å². The van der Waals surface area contributed by atoms with E-state index in [0.29, 0.717) is 12.8 Å². The standard InChI is InChI=1S/C24H21Cl2NOS/c25-24(26)20(14-21(28)12-11-17-6-2-1-3-7-17)16-22(29)15-19-9-4-8-18-10-5-13-27-23(18)19/h1-13,20,24H,14-16H2/b12-11+. The number of alkyl halides is 2. The van der Waals surface area contributed by atoms with Gasteiger partial charge in [0.05, 0.1) is 5.52 Å². The Morgan fingerprint density at radius 3 is 2.52 bits per heavy atom. The number of pyridine rings is 1. The number of nitrogens with zero attached hydrogens (tertiary/aromatic N) is 1. The number of carbonyl (C=O) groups excluding carboxylic acids is 1. The zero-order valence-electron chi connectivity index (χ0n) is 15.8. The number of carbonyl (C=O) groups is 1. The van der Waals surface area contributed by atoms with Crippen LogP contribution in [0, 0.1) is 5.92 Å². The molecule has 1 heterocycles. The van der Waals surface area contributed by atoms with E-state index in [1.807, 2.05) is 60.7 Å². The predicted molar refractivity (Wildman–Crippen MR) is 127 cm³/mol. The van der Waals surface area contributed by atoms with Gasteiger partial charge in [0.15, 0.2) is 5.78 Å². The zero-order chi connectivity index (χ0) is 20.6. The maximum atomic E-state index is 12.4. The van der Waals surface area contributed by atoms with E-state index in [1.54, 1.807) is 18.3 Å². The lowest BCUT2D eigenvalue weighted by Crippen LogP contribution is -2.18. The monoisotopic (exact) mass is 441 g/mol. The number of aromatic nitrogens is 1. The third-order valence-corrected chi connectivity index (χ3v) is 5.70. The molecule has 0 saturated heterocycles. The number of fused-ring (bicyclic) bond motifs is 1. The number of hydrogen-bond acceptors (Lipinski definition) is 3. The molecule has 0 saturated carbocycles. The molecule has 1 aromatic heterocycles. The van der Waals surface area contributed by atoms with Crippen LogP contribution in [0.4, 0.5) is 0 Å². The lowest BCUT2D eigenvalue weighted by Gasteiger charge is -2.17. The van der Waals surface area contributed by atoms with Crippen LogP contribution < -0.4 is 0 Å². The van der Waals surface area contributed by atoms with Crippen LogP contribution in [0.25, 0.3) is 17.0 Å². The minimum Gasteiger partial charge on any atom is -0.295 e. The SMILES string of the molecule is O=C(/C=C/c1ccccc1)CC(CC(=S)Cc1cccc2cccnc12)C(Cl)Cl. The Bertz CT molecular complexity index is 1010. The average Bonchev–Trinajstić information content (AvgIpc) is 2.73. The Morgan fingerprint density at radius 2 is 1.76 bits per heavy atom. The molecule has 3 rings (SSSR count). The van der Waals surface area contributed by atoms with Crippen LogP contribution in [0.5, 0.6) is 0 Å². The van der Waals surface area contributed by atoms with E-state index in [2.05, 4.69) is 4.98 Å². The Hall–Kier alpha value is -2.07. The molecule has 0 fully saturated rings. The van der Waals surface area contributed by atoms with E-state index in [1.165, 1.54) is 0 Å². The topological polar surface area (TPSA) is 30.0 Å². The van der Waals surface area contributed by atoms with E-state index in [0.717, 1.165) is 26.9 Å². The summed E-state index contributed by atoms with van der Waals surface area (Å²) < 4.78 is 0. The molecule has 1 atom stereocenters. The largest absolute Gasteiger partial charge is 0.295 e. The highest BCUT2D eigenvalue weighted by Gasteiger charge is 2.21. The molecule has 0 spiro atoms. The summed E-state index contributed by atoms with van der Waals surface area (Å²) in [7, 11) is 0. The van der Waals surface area contributed by atoms with Crippen molar-refractivity contribution in [2.75, 3.05) is 0 Å². The van der Waals surface area contributed by atoms with Gasteiger partial charge < -0.3 is 0 Å². The van der Waals surface area contributed by atoms with Crippen molar-refractivity contribution in [3.8, 4) is 0 Å². The summed E-state index contributed by atoms with van der Waals surface area (Å²) in [4.78, 5) is 17.0. The highest BCUT2D eigenvalue weighted by Crippen LogP contribution is 2.26. The normalized spacial score (nSPS) is 12.5. The molecule has 0 radical (unpaired) electrons. The lowest BCUT2D eigenvalue weighted by atomic mass is 9.95. The second-order valence-electron chi connectivity index (χ2n) is 6.92. The van der Waals surface area contributed by atoms with Crippen molar-refractivity contribution in [1.82, 2.24) is 4.98 Å². The molecule has 0 N–H and O–H groups in total. The predicted octanol–water partition coefficient (Wildman–Crippen LogP) is 6.63. The van der Waals surface area contributed by atoms with Gasteiger partial charge in [-0.2, -0.15) is 0 Å². The zero-order valence-corrected chi connectivity index (χ0v) is 18.1. The van der Waals surface area contributed by atoms with Crippen molar-refractivity contribution in [2.45, 2.75) is 24.1 Å². The van der Waals surface area contributed by atoms with Crippen LogP contribution in [0.1, 0.15) is 24.0 Å². The highest BCUT2D eigenvalue weighted by atomic mass is 35.5. The lowest BCUT2D eigenvalue weighted by molar-refractivity contribution is -0.115. The Kier molecular flexibility index (Phi) is 7.93. The average molecular weight is 442 g/mol. The summed E-state index contributed by atoms with van der Waals surface area (Å²) >= 11 is 17.9. The molecule has 0 amide bonds. The van der Waals surface area contributed by atoms with Gasteiger partial charge in [-0.1, -0.05) is 72.9 Å². The first kappa shape index (κ1) is 21.6. The van der Waals surface area contributed by atoms with Crippen molar-refractivity contribution in [3.05, 3.63) is 84.1 Å². The van der Waals surface area contributed by atoms with Crippen molar-refractivity contribution < 1.29 is 4.79 Å². The van der Waals surface area contributed by atoms with Crippen molar-refractivity contribution in [1.29, 1.82) is 0 Å². The van der Waals surface area contributed by atoms with E-state index in [-0.39, 0.29) is 18.1 Å². The summed E-state index contributed by atoms with van der Waals surface area (Å²) in [5.41, 5.74) is 3.00. The molecule has 5 heteroatoms. The van der Waals surface area contributed by atoms with Gasteiger partial charge >= 0.3 is 0 Å². The van der Waals surface area contributed by atoms with Gasteiger partial charge in [0.25, 0.3) is 0 Å². The van der Waals surface area contributed by atoms with Crippen LogP contribution >= 0.6 is 35.4 Å². The molecule has 2 nitrogen and oxygen atoms in total.